The second kappa shape index (κ2) is 9.18. The first-order valence-electron chi connectivity index (χ1n) is 7.76. The van der Waals surface area contributed by atoms with Crippen LogP contribution in [0.25, 0.3) is 0 Å². The van der Waals surface area contributed by atoms with Gasteiger partial charge in [0, 0.05) is 5.69 Å². The minimum absolute atomic E-state index is 0.0861. The molecule has 0 aliphatic carbocycles. The van der Waals surface area contributed by atoms with Gasteiger partial charge in [0.2, 0.25) is 5.91 Å². The number of halogens is 3. The number of carbonyl (C=O) groups excluding carboxylic acids is 1. The predicted octanol–water partition coefficient (Wildman–Crippen LogP) is 5.73. The summed E-state index contributed by atoms with van der Waals surface area (Å²) in [6.07, 6.45) is 0. The fraction of sp³-hybridized carbons (Fsp3) is 0.278. The third kappa shape index (κ3) is 6.31. The zero-order chi connectivity index (χ0) is 18.4. The Morgan fingerprint density at radius 1 is 1.04 bits per heavy atom. The Balaban J connectivity index is 1.86. The summed E-state index contributed by atoms with van der Waals surface area (Å²) in [6.45, 7) is 4.94. The molecule has 0 unspecified atom stereocenters. The van der Waals surface area contributed by atoms with Crippen LogP contribution in [0.2, 0.25) is 15.1 Å². The lowest BCUT2D eigenvalue weighted by Crippen LogP contribution is -2.21. The lowest BCUT2D eigenvalue weighted by atomic mass is 10.2. The van der Waals surface area contributed by atoms with Gasteiger partial charge in [-0.2, -0.15) is 0 Å². The van der Waals surface area contributed by atoms with Crippen LogP contribution in [0.1, 0.15) is 13.8 Å². The van der Waals surface area contributed by atoms with Gasteiger partial charge < -0.3 is 15.4 Å². The average molecular weight is 402 g/mol. The molecule has 0 saturated carbocycles. The van der Waals surface area contributed by atoms with Gasteiger partial charge in [-0.1, -0.05) is 48.7 Å². The highest BCUT2D eigenvalue weighted by Gasteiger charge is 2.09. The molecule has 0 spiro atoms. The van der Waals surface area contributed by atoms with Gasteiger partial charge in [-0.3, -0.25) is 4.79 Å². The quantitative estimate of drug-likeness (QED) is 0.582. The van der Waals surface area contributed by atoms with E-state index in [9.17, 15) is 4.79 Å². The monoisotopic (exact) mass is 400 g/mol. The summed E-state index contributed by atoms with van der Waals surface area (Å²) in [5.41, 5.74) is 1.23. The van der Waals surface area contributed by atoms with Crippen molar-refractivity contribution in [2.24, 2.45) is 5.92 Å². The topological polar surface area (TPSA) is 50.4 Å². The van der Waals surface area contributed by atoms with Crippen molar-refractivity contribution >= 4 is 52.1 Å². The highest BCUT2D eigenvalue weighted by atomic mass is 35.5. The fourth-order valence-electron chi connectivity index (χ4n) is 1.93. The Morgan fingerprint density at radius 2 is 1.68 bits per heavy atom. The van der Waals surface area contributed by atoms with Crippen LogP contribution in [0.15, 0.2) is 36.4 Å². The number of carbonyl (C=O) groups is 1. The van der Waals surface area contributed by atoms with Crippen molar-refractivity contribution in [2.45, 2.75) is 13.8 Å². The minimum Gasteiger partial charge on any atom is -0.493 e. The van der Waals surface area contributed by atoms with Gasteiger partial charge in [0.05, 0.1) is 33.9 Å². The van der Waals surface area contributed by atoms with Gasteiger partial charge in [-0.25, -0.2) is 0 Å². The smallest absolute Gasteiger partial charge is 0.243 e. The van der Waals surface area contributed by atoms with Crippen LogP contribution in [0, 0.1) is 5.92 Å². The Morgan fingerprint density at radius 3 is 2.32 bits per heavy atom. The number of anilines is 2. The molecule has 25 heavy (non-hydrogen) atoms. The molecule has 0 aromatic heterocycles. The third-order valence-electron chi connectivity index (χ3n) is 3.17. The number of amides is 1. The molecular weight excluding hydrogens is 383 g/mol. The molecule has 0 aliphatic rings. The summed E-state index contributed by atoms with van der Waals surface area (Å²) in [7, 11) is 0. The molecule has 0 heterocycles. The molecule has 0 saturated heterocycles. The molecule has 4 nitrogen and oxygen atoms in total. The zero-order valence-corrected chi connectivity index (χ0v) is 16.2. The molecule has 1 amide bonds. The number of benzene rings is 2. The van der Waals surface area contributed by atoms with Crippen molar-refractivity contribution in [3.63, 3.8) is 0 Å². The van der Waals surface area contributed by atoms with Crippen LogP contribution in [0.5, 0.6) is 5.75 Å². The molecule has 134 valence electrons. The second-order valence-corrected chi connectivity index (χ2v) is 7.10. The van der Waals surface area contributed by atoms with E-state index in [0.717, 1.165) is 11.4 Å². The van der Waals surface area contributed by atoms with Crippen molar-refractivity contribution in [1.82, 2.24) is 0 Å². The molecule has 0 atom stereocenters. The van der Waals surface area contributed by atoms with Gasteiger partial charge in [0.15, 0.2) is 0 Å². The third-order valence-corrected chi connectivity index (χ3v) is 4.21. The Labute approximate surface area is 162 Å². The standard InChI is InChI=1S/C18H19Cl3N2O2/c1-11(2)10-25-13-5-3-12(4-6-13)22-9-18(24)23-17-8-15(20)14(19)7-16(17)21/h3-8,11,22H,9-10H2,1-2H3,(H,23,24). The first-order valence-corrected chi connectivity index (χ1v) is 8.89. The van der Waals surface area contributed by atoms with Gasteiger partial charge in [-0.15, -0.1) is 0 Å². The summed E-state index contributed by atoms with van der Waals surface area (Å²) in [5.74, 6) is 1.02. The summed E-state index contributed by atoms with van der Waals surface area (Å²) < 4.78 is 5.62. The van der Waals surface area contributed by atoms with Crippen LogP contribution in [-0.4, -0.2) is 19.1 Å². The SMILES string of the molecule is CC(C)COc1ccc(NCC(=O)Nc2cc(Cl)c(Cl)cc2Cl)cc1. The molecule has 2 N–H and O–H groups in total. The van der Waals surface area contributed by atoms with Crippen LogP contribution < -0.4 is 15.4 Å². The summed E-state index contributed by atoms with van der Waals surface area (Å²) in [5, 5.41) is 6.71. The van der Waals surface area contributed by atoms with E-state index >= 15 is 0 Å². The van der Waals surface area contributed by atoms with E-state index < -0.39 is 0 Å². The van der Waals surface area contributed by atoms with Gasteiger partial charge >= 0.3 is 0 Å². The molecule has 7 heteroatoms. The maximum atomic E-state index is 12.0. The summed E-state index contributed by atoms with van der Waals surface area (Å²) >= 11 is 17.8. The van der Waals surface area contributed by atoms with Crippen LogP contribution in [0.3, 0.4) is 0 Å². The summed E-state index contributed by atoms with van der Waals surface area (Å²) in [6, 6.07) is 10.4. The highest BCUT2D eigenvalue weighted by molar-refractivity contribution is 6.44. The first-order chi connectivity index (χ1) is 11.8. The van der Waals surface area contributed by atoms with Crippen molar-refractivity contribution in [3.05, 3.63) is 51.5 Å². The average Bonchev–Trinajstić information content (AvgIpc) is 2.57. The van der Waals surface area contributed by atoms with E-state index in [4.69, 9.17) is 39.5 Å². The number of ether oxygens (including phenoxy) is 1. The van der Waals surface area contributed by atoms with Crippen molar-refractivity contribution < 1.29 is 9.53 Å². The van der Waals surface area contributed by atoms with E-state index in [1.165, 1.54) is 12.1 Å². The summed E-state index contributed by atoms with van der Waals surface area (Å²) in [4.78, 5) is 12.0. The molecule has 0 radical (unpaired) electrons. The molecular formula is C18H19Cl3N2O2. The minimum atomic E-state index is -0.250. The maximum Gasteiger partial charge on any atom is 0.243 e. The van der Waals surface area contributed by atoms with Gasteiger partial charge in [-0.05, 0) is 42.3 Å². The number of rotatable bonds is 7. The molecule has 2 aromatic carbocycles. The van der Waals surface area contributed by atoms with Gasteiger partial charge in [0.25, 0.3) is 0 Å². The van der Waals surface area contributed by atoms with E-state index in [0.29, 0.717) is 33.3 Å². The zero-order valence-electron chi connectivity index (χ0n) is 13.9. The van der Waals surface area contributed by atoms with Crippen molar-refractivity contribution in [3.8, 4) is 5.75 Å². The molecule has 0 bridgehead atoms. The molecule has 0 fully saturated rings. The van der Waals surface area contributed by atoms with Crippen LogP contribution in [0.4, 0.5) is 11.4 Å². The number of nitrogens with one attached hydrogen (secondary N) is 2. The Hall–Kier alpha value is -1.62. The lowest BCUT2D eigenvalue weighted by Gasteiger charge is -2.11. The fourth-order valence-corrected chi connectivity index (χ4v) is 2.52. The molecule has 2 rings (SSSR count). The van der Waals surface area contributed by atoms with E-state index in [2.05, 4.69) is 24.5 Å². The van der Waals surface area contributed by atoms with Crippen LogP contribution >= 0.6 is 34.8 Å². The van der Waals surface area contributed by atoms with E-state index in [1.54, 1.807) is 0 Å². The Bertz CT molecular complexity index is 734. The van der Waals surface area contributed by atoms with E-state index in [1.807, 2.05) is 24.3 Å². The largest absolute Gasteiger partial charge is 0.493 e. The van der Waals surface area contributed by atoms with Crippen LogP contribution in [-0.2, 0) is 4.79 Å². The van der Waals surface area contributed by atoms with Crippen molar-refractivity contribution in [1.29, 1.82) is 0 Å². The highest BCUT2D eigenvalue weighted by Crippen LogP contribution is 2.32. The van der Waals surface area contributed by atoms with Gasteiger partial charge in [0.1, 0.15) is 5.75 Å². The van der Waals surface area contributed by atoms with Crippen molar-refractivity contribution in [2.75, 3.05) is 23.8 Å². The molecule has 2 aromatic rings. The Kier molecular flexibility index (Phi) is 7.24. The normalized spacial score (nSPS) is 10.6. The van der Waals surface area contributed by atoms with E-state index in [-0.39, 0.29) is 12.5 Å². The second-order valence-electron chi connectivity index (χ2n) is 5.88. The molecule has 0 aliphatic heterocycles. The maximum absolute atomic E-state index is 12.0. The first kappa shape index (κ1) is 19.7. The predicted molar refractivity (Wildman–Crippen MR) is 105 cm³/mol. The number of hydrogen-bond donors (Lipinski definition) is 2. The number of hydrogen-bond acceptors (Lipinski definition) is 3. The lowest BCUT2D eigenvalue weighted by molar-refractivity contribution is -0.114.